The molecule has 0 aliphatic heterocycles. The lowest BCUT2D eigenvalue weighted by molar-refractivity contribution is 0.474. The molecular weight excluding hydrogens is 241 g/mol. The van der Waals surface area contributed by atoms with Crippen LogP contribution in [0.1, 0.15) is 31.7 Å². The maximum Gasteiger partial charge on any atom is 0.193 e. The van der Waals surface area contributed by atoms with Gasteiger partial charge in [0.05, 0.1) is 0 Å². The average Bonchev–Trinajstić information content (AvgIpc) is 2.41. The Bertz CT molecular complexity index is 387. The highest BCUT2D eigenvalue weighted by Gasteiger charge is 2.05. The Morgan fingerprint density at radius 3 is 2.53 bits per heavy atom. The number of halogens is 1. The predicted molar refractivity (Wildman–Crippen MR) is 78.8 cm³/mol. The molecule has 0 bridgehead atoms. The molecule has 1 rings (SSSR count). The molecule has 1 N–H and O–H groups in total. The van der Waals surface area contributed by atoms with Crippen molar-refractivity contribution in [3.63, 3.8) is 0 Å². The van der Waals surface area contributed by atoms with Crippen LogP contribution in [0.4, 0.5) is 4.39 Å². The Morgan fingerprint density at radius 1 is 1.26 bits per heavy atom. The van der Waals surface area contributed by atoms with Crippen molar-refractivity contribution in [1.29, 1.82) is 0 Å². The Balaban J connectivity index is 2.45. The van der Waals surface area contributed by atoms with Crippen LogP contribution in [0.5, 0.6) is 0 Å². The second-order valence-electron chi connectivity index (χ2n) is 4.66. The second kappa shape index (κ2) is 8.51. The van der Waals surface area contributed by atoms with E-state index in [0.717, 1.165) is 24.5 Å². The van der Waals surface area contributed by atoms with E-state index in [-0.39, 0.29) is 5.82 Å². The minimum absolute atomic E-state index is 0.200. The molecule has 106 valence electrons. The number of hydrogen-bond donors (Lipinski definition) is 1. The van der Waals surface area contributed by atoms with Crippen molar-refractivity contribution < 1.29 is 4.39 Å². The molecule has 0 amide bonds. The van der Waals surface area contributed by atoms with Crippen molar-refractivity contribution in [2.45, 2.75) is 32.7 Å². The van der Waals surface area contributed by atoms with E-state index < -0.39 is 0 Å². The summed E-state index contributed by atoms with van der Waals surface area (Å²) in [6, 6.07) is 6.58. The van der Waals surface area contributed by atoms with Gasteiger partial charge in [-0.2, -0.15) is 0 Å². The van der Waals surface area contributed by atoms with Crippen LogP contribution in [-0.2, 0) is 6.54 Å². The van der Waals surface area contributed by atoms with Gasteiger partial charge in [0.2, 0.25) is 0 Å². The first-order valence-electron chi connectivity index (χ1n) is 6.83. The van der Waals surface area contributed by atoms with Crippen LogP contribution < -0.4 is 5.32 Å². The summed E-state index contributed by atoms with van der Waals surface area (Å²) in [7, 11) is 3.77. The molecule has 0 aromatic heterocycles. The smallest absolute Gasteiger partial charge is 0.193 e. The van der Waals surface area contributed by atoms with Crippen molar-refractivity contribution in [3.05, 3.63) is 35.6 Å². The minimum atomic E-state index is -0.200. The van der Waals surface area contributed by atoms with Gasteiger partial charge in [0.15, 0.2) is 5.96 Å². The van der Waals surface area contributed by atoms with E-state index in [2.05, 4.69) is 17.2 Å². The first-order valence-corrected chi connectivity index (χ1v) is 6.83. The van der Waals surface area contributed by atoms with E-state index in [1.807, 2.05) is 11.9 Å². The largest absolute Gasteiger partial charge is 0.356 e. The number of guanidine groups is 1. The zero-order valence-corrected chi connectivity index (χ0v) is 12.1. The van der Waals surface area contributed by atoms with Crippen molar-refractivity contribution in [3.8, 4) is 0 Å². The van der Waals surface area contributed by atoms with E-state index in [1.54, 1.807) is 19.2 Å². The molecule has 1 aromatic carbocycles. The van der Waals surface area contributed by atoms with Gasteiger partial charge in [-0.05, 0) is 24.1 Å². The Hall–Kier alpha value is -1.58. The van der Waals surface area contributed by atoms with E-state index in [4.69, 9.17) is 0 Å². The Kier molecular flexibility index (Phi) is 6.93. The van der Waals surface area contributed by atoms with Gasteiger partial charge in [-0.15, -0.1) is 0 Å². The molecule has 19 heavy (non-hydrogen) atoms. The molecule has 4 heteroatoms. The number of hydrogen-bond acceptors (Lipinski definition) is 1. The molecule has 0 saturated heterocycles. The van der Waals surface area contributed by atoms with Crippen LogP contribution in [0.15, 0.2) is 29.3 Å². The predicted octanol–water partition coefficient (Wildman–Crippen LogP) is 3.02. The fourth-order valence-electron chi connectivity index (χ4n) is 1.90. The first kappa shape index (κ1) is 15.5. The van der Waals surface area contributed by atoms with Gasteiger partial charge in [-0.3, -0.25) is 4.99 Å². The summed E-state index contributed by atoms with van der Waals surface area (Å²) in [4.78, 5) is 6.30. The number of rotatable bonds is 6. The molecule has 0 spiro atoms. The molecule has 0 fully saturated rings. The molecular formula is C15H24FN3. The molecule has 0 aliphatic rings. The maximum absolute atomic E-state index is 12.8. The van der Waals surface area contributed by atoms with Gasteiger partial charge in [-0.25, -0.2) is 4.39 Å². The quantitative estimate of drug-likeness (QED) is 0.486. The fraction of sp³-hybridized carbons (Fsp3) is 0.533. The molecule has 1 aromatic rings. The molecule has 0 aliphatic carbocycles. The highest BCUT2D eigenvalue weighted by Crippen LogP contribution is 2.05. The van der Waals surface area contributed by atoms with Crippen LogP contribution in [0, 0.1) is 5.82 Å². The van der Waals surface area contributed by atoms with Crippen molar-refractivity contribution in [2.75, 3.05) is 20.6 Å². The molecule has 0 radical (unpaired) electrons. The number of nitrogens with zero attached hydrogens (tertiary/aromatic N) is 2. The van der Waals surface area contributed by atoms with Crippen LogP contribution in [0.25, 0.3) is 0 Å². The molecule has 0 saturated carbocycles. The van der Waals surface area contributed by atoms with Crippen LogP contribution in [-0.4, -0.2) is 31.5 Å². The van der Waals surface area contributed by atoms with E-state index in [0.29, 0.717) is 6.54 Å². The third kappa shape index (κ3) is 5.73. The van der Waals surface area contributed by atoms with Gasteiger partial charge >= 0.3 is 0 Å². The monoisotopic (exact) mass is 265 g/mol. The number of benzene rings is 1. The van der Waals surface area contributed by atoms with Crippen molar-refractivity contribution >= 4 is 5.96 Å². The Morgan fingerprint density at radius 2 is 1.95 bits per heavy atom. The van der Waals surface area contributed by atoms with Gasteiger partial charge in [0.25, 0.3) is 0 Å². The SMILES string of the molecule is CCCCCNC(=NC)N(C)Cc1ccc(F)cc1. The highest BCUT2D eigenvalue weighted by molar-refractivity contribution is 5.79. The van der Waals surface area contributed by atoms with E-state index in [9.17, 15) is 4.39 Å². The summed E-state index contributed by atoms with van der Waals surface area (Å²) >= 11 is 0. The molecule has 3 nitrogen and oxygen atoms in total. The minimum Gasteiger partial charge on any atom is -0.356 e. The summed E-state index contributed by atoms with van der Waals surface area (Å²) in [5, 5.41) is 3.34. The summed E-state index contributed by atoms with van der Waals surface area (Å²) < 4.78 is 12.8. The first-order chi connectivity index (χ1) is 9.17. The summed E-state index contributed by atoms with van der Waals surface area (Å²) in [6.07, 6.45) is 3.59. The van der Waals surface area contributed by atoms with Crippen LogP contribution in [0.3, 0.4) is 0 Å². The lowest BCUT2D eigenvalue weighted by Gasteiger charge is -2.22. The van der Waals surface area contributed by atoms with Gasteiger partial charge in [0.1, 0.15) is 5.82 Å². The van der Waals surface area contributed by atoms with E-state index in [1.165, 1.54) is 25.0 Å². The topological polar surface area (TPSA) is 27.6 Å². The number of unbranched alkanes of at least 4 members (excludes halogenated alkanes) is 2. The normalized spacial score (nSPS) is 11.5. The average molecular weight is 265 g/mol. The molecule has 0 unspecified atom stereocenters. The zero-order valence-electron chi connectivity index (χ0n) is 12.1. The van der Waals surface area contributed by atoms with Crippen molar-refractivity contribution in [2.24, 2.45) is 4.99 Å². The fourth-order valence-corrected chi connectivity index (χ4v) is 1.90. The second-order valence-corrected chi connectivity index (χ2v) is 4.66. The van der Waals surface area contributed by atoms with Gasteiger partial charge < -0.3 is 10.2 Å². The summed E-state index contributed by atoms with van der Waals surface area (Å²) in [5.74, 6) is 0.675. The van der Waals surface area contributed by atoms with Gasteiger partial charge in [0, 0.05) is 27.2 Å². The highest BCUT2D eigenvalue weighted by atomic mass is 19.1. The molecule has 0 atom stereocenters. The van der Waals surface area contributed by atoms with E-state index >= 15 is 0 Å². The summed E-state index contributed by atoms with van der Waals surface area (Å²) in [5.41, 5.74) is 1.07. The lowest BCUT2D eigenvalue weighted by Crippen LogP contribution is -2.38. The zero-order chi connectivity index (χ0) is 14.1. The van der Waals surface area contributed by atoms with Crippen LogP contribution >= 0.6 is 0 Å². The Labute approximate surface area is 115 Å². The van der Waals surface area contributed by atoms with Gasteiger partial charge in [-0.1, -0.05) is 31.9 Å². The maximum atomic E-state index is 12.8. The van der Waals surface area contributed by atoms with Crippen LogP contribution in [0.2, 0.25) is 0 Å². The molecule has 0 heterocycles. The third-order valence-electron chi connectivity index (χ3n) is 2.97. The lowest BCUT2D eigenvalue weighted by atomic mass is 10.2. The van der Waals surface area contributed by atoms with Crippen molar-refractivity contribution in [1.82, 2.24) is 10.2 Å². The third-order valence-corrected chi connectivity index (χ3v) is 2.97. The number of aliphatic imine (C=N–C) groups is 1. The summed E-state index contributed by atoms with van der Waals surface area (Å²) in [6.45, 7) is 3.84. The number of nitrogens with one attached hydrogen (secondary N) is 1. The standard InChI is InChI=1S/C15H24FN3/c1-4-5-6-11-18-15(17-2)19(3)12-13-7-9-14(16)10-8-13/h7-10H,4-6,11-12H2,1-3H3,(H,17,18).